The molecule has 1 aromatic heterocycles. The van der Waals surface area contributed by atoms with E-state index in [1.165, 1.54) is 0 Å². The van der Waals surface area contributed by atoms with E-state index in [1.807, 2.05) is 6.92 Å². The molecule has 0 aliphatic carbocycles. The maximum absolute atomic E-state index is 10.4. The molecule has 1 N–H and O–H groups in total. The van der Waals surface area contributed by atoms with Gasteiger partial charge in [0.05, 0.1) is 15.6 Å². The largest absolute Gasteiger partial charge is 0.383 e. The van der Waals surface area contributed by atoms with Crippen LogP contribution in [0.15, 0.2) is 24.2 Å². The number of likely N-dealkylation sites (N-methyl/N-ethyl adjacent to an activating group) is 1. The van der Waals surface area contributed by atoms with Crippen molar-refractivity contribution in [1.29, 1.82) is 0 Å². The van der Waals surface area contributed by atoms with Crippen LogP contribution in [0.2, 0.25) is 10.2 Å². The van der Waals surface area contributed by atoms with E-state index in [2.05, 4.69) is 10.3 Å². The molecule has 0 aliphatic rings. The Balaban J connectivity index is 2.86. The van der Waals surface area contributed by atoms with Gasteiger partial charge in [0.15, 0.2) is 0 Å². The van der Waals surface area contributed by atoms with Crippen LogP contribution in [0, 0.1) is 10.1 Å². The Hall–Kier alpha value is -1.33. The molecule has 0 saturated heterocycles. The Bertz CT molecular complexity index is 449. The maximum atomic E-state index is 10.4. The van der Waals surface area contributed by atoms with Gasteiger partial charge in [-0.3, -0.25) is 10.1 Å². The first kappa shape index (κ1) is 13.7. The number of halogens is 2. The van der Waals surface area contributed by atoms with Crippen molar-refractivity contribution < 1.29 is 4.92 Å². The number of hydrogen-bond donors (Lipinski definition) is 1. The van der Waals surface area contributed by atoms with Gasteiger partial charge in [-0.2, -0.15) is 0 Å². The number of rotatable bonds is 5. The fourth-order valence-corrected chi connectivity index (χ4v) is 1.58. The predicted octanol–water partition coefficient (Wildman–Crippen LogP) is 2.66. The van der Waals surface area contributed by atoms with Crippen molar-refractivity contribution >= 4 is 23.2 Å². The van der Waals surface area contributed by atoms with Crippen molar-refractivity contribution in [3.8, 4) is 0 Å². The van der Waals surface area contributed by atoms with Gasteiger partial charge in [0.25, 0.3) is 6.20 Å². The van der Waals surface area contributed by atoms with Gasteiger partial charge in [-0.05, 0) is 18.6 Å². The lowest BCUT2D eigenvalue weighted by Gasteiger charge is -2.06. The molecule has 0 radical (unpaired) electrons. The average molecular weight is 276 g/mol. The van der Waals surface area contributed by atoms with Crippen molar-refractivity contribution in [3.05, 3.63) is 50.0 Å². The van der Waals surface area contributed by atoms with E-state index in [0.29, 0.717) is 23.7 Å². The van der Waals surface area contributed by atoms with Gasteiger partial charge in [0.1, 0.15) is 5.15 Å². The number of nitrogens with one attached hydrogen (secondary N) is 1. The minimum Gasteiger partial charge on any atom is -0.383 e. The average Bonchev–Trinajstić information content (AvgIpc) is 2.23. The Morgan fingerprint density at radius 3 is 2.88 bits per heavy atom. The molecule has 0 saturated carbocycles. The summed E-state index contributed by atoms with van der Waals surface area (Å²) in [5.41, 5.74) is 1.26. The summed E-state index contributed by atoms with van der Waals surface area (Å²) >= 11 is 11.5. The molecule has 17 heavy (non-hydrogen) atoms. The Morgan fingerprint density at radius 2 is 2.35 bits per heavy atom. The van der Waals surface area contributed by atoms with Crippen molar-refractivity contribution in [2.24, 2.45) is 0 Å². The second kappa shape index (κ2) is 6.42. The zero-order valence-electron chi connectivity index (χ0n) is 9.11. The van der Waals surface area contributed by atoms with E-state index < -0.39 is 4.92 Å². The maximum Gasteiger partial charge on any atom is 0.253 e. The summed E-state index contributed by atoms with van der Waals surface area (Å²) in [7, 11) is 0. The molecule has 1 aromatic rings. The zero-order valence-corrected chi connectivity index (χ0v) is 10.6. The van der Waals surface area contributed by atoms with Gasteiger partial charge in [-0.25, -0.2) is 4.98 Å². The predicted molar refractivity (Wildman–Crippen MR) is 66.7 cm³/mol. The smallest absolute Gasteiger partial charge is 0.253 e. The second-order valence-electron chi connectivity index (χ2n) is 3.26. The van der Waals surface area contributed by atoms with Gasteiger partial charge < -0.3 is 5.32 Å². The molecule has 0 atom stereocenters. The minimum atomic E-state index is -0.497. The molecule has 0 aromatic carbocycles. The van der Waals surface area contributed by atoms with Crippen LogP contribution in [0.5, 0.6) is 0 Å². The van der Waals surface area contributed by atoms with Gasteiger partial charge in [0.2, 0.25) is 0 Å². The van der Waals surface area contributed by atoms with Crippen molar-refractivity contribution in [1.82, 2.24) is 10.3 Å². The highest BCUT2D eigenvalue weighted by molar-refractivity contribution is 6.41. The van der Waals surface area contributed by atoms with E-state index in [1.54, 1.807) is 12.3 Å². The van der Waals surface area contributed by atoms with Crippen molar-refractivity contribution in [3.63, 3.8) is 0 Å². The fraction of sp³-hybridized carbons (Fsp3) is 0.300. The Morgan fingerprint density at radius 1 is 1.65 bits per heavy atom. The molecule has 92 valence electrons. The zero-order chi connectivity index (χ0) is 12.8. The third kappa shape index (κ3) is 4.58. The third-order valence-corrected chi connectivity index (χ3v) is 2.60. The number of nitrogens with zero attached hydrogens (tertiary/aromatic N) is 2. The highest BCUT2D eigenvalue weighted by atomic mass is 35.5. The quantitative estimate of drug-likeness (QED) is 0.510. The molecule has 0 amide bonds. The van der Waals surface area contributed by atoms with E-state index >= 15 is 0 Å². The van der Waals surface area contributed by atoms with Crippen LogP contribution in [-0.2, 0) is 6.42 Å². The summed E-state index contributed by atoms with van der Waals surface area (Å²) in [4.78, 5) is 13.8. The summed E-state index contributed by atoms with van der Waals surface area (Å²) in [5, 5.41) is 13.9. The first-order valence-corrected chi connectivity index (χ1v) is 5.66. The van der Waals surface area contributed by atoms with Crippen LogP contribution in [0.25, 0.3) is 0 Å². The standard InChI is InChI=1S/C10H11Cl2N3O2/c1-2-13-8(6-15(16)17)3-7-4-9(11)10(12)14-5-7/h4-6,13H,2-3H2,1H3. The Labute approximate surface area is 109 Å². The molecule has 1 heterocycles. The number of allylic oxidation sites excluding steroid dienone is 1. The Kier molecular flexibility index (Phi) is 5.18. The van der Waals surface area contributed by atoms with E-state index in [-0.39, 0.29) is 5.15 Å². The lowest BCUT2D eigenvalue weighted by Crippen LogP contribution is -2.15. The number of aromatic nitrogens is 1. The van der Waals surface area contributed by atoms with Crippen LogP contribution in [-0.4, -0.2) is 16.5 Å². The lowest BCUT2D eigenvalue weighted by atomic mass is 10.1. The topological polar surface area (TPSA) is 68.1 Å². The molecule has 7 heteroatoms. The number of nitro groups is 1. The van der Waals surface area contributed by atoms with Gasteiger partial charge >= 0.3 is 0 Å². The minimum absolute atomic E-state index is 0.221. The molecule has 0 bridgehead atoms. The SMILES string of the molecule is CCNC(=C[N+](=O)[O-])Cc1cnc(Cl)c(Cl)c1. The summed E-state index contributed by atoms with van der Waals surface area (Å²) < 4.78 is 0. The monoisotopic (exact) mass is 275 g/mol. The van der Waals surface area contributed by atoms with Crippen LogP contribution < -0.4 is 5.32 Å². The van der Waals surface area contributed by atoms with E-state index in [4.69, 9.17) is 23.2 Å². The van der Waals surface area contributed by atoms with Gasteiger partial charge in [-0.15, -0.1) is 0 Å². The molecule has 0 unspecified atom stereocenters. The summed E-state index contributed by atoms with van der Waals surface area (Å²) in [6.45, 7) is 2.47. The fourth-order valence-electron chi connectivity index (χ4n) is 1.29. The summed E-state index contributed by atoms with van der Waals surface area (Å²) in [6, 6.07) is 1.64. The van der Waals surface area contributed by atoms with E-state index in [9.17, 15) is 10.1 Å². The lowest BCUT2D eigenvalue weighted by molar-refractivity contribution is -0.403. The van der Waals surface area contributed by atoms with Crippen molar-refractivity contribution in [2.45, 2.75) is 13.3 Å². The highest BCUT2D eigenvalue weighted by Gasteiger charge is 2.06. The normalized spacial score (nSPS) is 11.4. The third-order valence-electron chi connectivity index (χ3n) is 1.91. The second-order valence-corrected chi connectivity index (χ2v) is 4.03. The number of hydrogen-bond acceptors (Lipinski definition) is 4. The first-order valence-electron chi connectivity index (χ1n) is 4.91. The number of pyridine rings is 1. The molecular formula is C10H11Cl2N3O2. The molecular weight excluding hydrogens is 265 g/mol. The van der Waals surface area contributed by atoms with Crippen LogP contribution >= 0.6 is 23.2 Å². The summed E-state index contributed by atoms with van der Waals surface area (Å²) in [5.74, 6) is 0. The van der Waals surface area contributed by atoms with Crippen LogP contribution in [0.4, 0.5) is 0 Å². The molecule has 5 nitrogen and oxygen atoms in total. The van der Waals surface area contributed by atoms with E-state index in [0.717, 1.165) is 11.8 Å². The molecule has 0 fully saturated rings. The van der Waals surface area contributed by atoms with Crippen molar-refractivity contribution in [2.75, 3.05) is 6.54 Å². The van der Waals surface area contributed by atoms with Gasteiger partial charge in [0, 0.05) is 19.2 Å². The highest BCUT2D eigenvalue weighted by Crippen LogP contribution is 2.20. The molecule has 1 rings (SSSR count). The van der Waals surface area contributed by atoms with Crippen LogP contribution in [0.3, 0.4) is 0 Å². The molecule has 0 aliphatic heterocycles. The summed E-state index contributed by atoms with van der Waals surface area (Å²) in [6.07, 6.45) is 2.84. The first-order chi connectivity index (χ1) is 8.02. The molecule has 0 spiro atoms. The van der Waals surface area contributed by atoms with Crippen LogP contribution in [0.1, 0.15) is 12.5 Å². The van der Waals surface area contributed by atoms with Gasteiger partial charge in [-0.1, -0.05) is 23.2 Å².